The van der Waals surface area contributed by atoms with E-state index in [0.29, 0.717) is 24.9 Å². The highest BCUT2D eigenvalue weighted by Crippen LogP contribution is 2.48. The van der Waals surface area contributed by atoms with Crippen LogP contribution in [0.15, 0.2) is 48.7 Å². The topological polar surface area (TPSA) is 46.8 Å². The number of pyridine rings is 1. The molecule has 2 aromatic heterocycles. The maximum Gasteiger partial charge on any atom is 0.228 e. The van der Waals surface area contributed by atoms with Gasteiger partial charge in [0.1, 0.15) is 11.5 Å². The standard InChI is InChI=1S/C28H34FN3O2/c1-19(2)23-16-28(18-34-27(23)21-8-10-22(29)11-9-21)12-6-13-31(17-28)26(33)15-24-20(3)30-25-7-4-5-14-32(24)25/h4-5,7-11,14,19,23,27H,6,12-13,15-18H2,1-3H3/t23-,27-,28+/m0/s1. The molecule has 0 N–H and O–H groups in total. The molecule has 0 aliphatic carbocycles. The molecule has 0 bridgehead atoms. The van der Waals surface area contributed by atoms with Crippen molar-refractivity contribution in [3.8, 4) is 0 Å². The highest BCUT2D eigenvalue weighted by Gasteiger charge is 2.46. The van der Waals surface area contributed by atoms with E-state index in [4.69, 9.17) is 4.74 Å². The Kier molecular flexibility index (Phi) is 6.19. The Bertz CT molecular complexity index is 1170. The first kappa shape index (κ1) is 23.0. The van der Waals surface area contributed by atoms with Gasteiger partial charge in [0.15, 0.2) is 0 Å². The maximum absolute atomic E-state index is 13.5. The Morgan fingerprint density at radius 1 is 1.24 bits per heavy atom. The molecule has 0 unspecified atom stereocenters. The van der Waals surface area contributed by atoms with Crippen molar-refractivity contribution in [3.63, 3.8) is 0 Å². The Balaban J connectivity index is 1.32. The second-order valence-corrected chi connectivity index (χ2v) is 10.6. The van der Waals surface area contributed by atoms with Gasteiger partial charge in [-0.2, -0.15) is 0 Å². The van der Waals surface area contributed by atoms with E-state index in [-0.39, 0.29) is 23.2 Å². The predicted molar refractivity (Wildman–Crippen MR) is 130 cm³/mol. The minimum atomic E-state index is -0.222. The van der Waals surface area contributed by atoms with E-state index in [2.05, 4.69) is 18.8 Å². The number of aromatic nitrogens is 2. The van der Waals surface area contributed by atoms with Crippen molar-refractivity contribution >= 4 is 11.6 Å². The molecule has 5 rings (SSSR count). The first-order chi connectivity index (χ1) is 16.3. The smallest absolute Gasteiger partial charge is 0.228 e. The van der Waals surface area contributed by atoms with Crippen LogP contribution < -0.4 is 0 Å². The average Bonchev–Trinajstić information content (AvgIpc) is 3.14. The number of amides is 1. The zero-order chi connectivity index (χ0) is 23.9. The van der Waals surface area contributed by atoms with Gasteiger partial charge in [-0.3, -0.25) is 4.79 Å². The Labute approximate surface area is 200 Å². The lowest BCUT2D eigenvalue weighted by Crippen LogP contribution is -2.52. The molecule has 3 atom stereocenters. The van der Waals surface area contributed by atoms with Crippen LogP contribution in [-0.2, 0) is 16.0 Å². The number of halogens is 1. The molecule has 0 saturated carbocycles. The van der Waals surface area contributed by atoms with Crippen molar-refractivity contribution in [1.29, 1.82) is 0 Å². The quantitative estimate of drug-likeness (QED) is 0.523. The molecule has 34 heavy (non-hydrogen) atoms. The number of rotatable bonds is 4. The molecule has 2 fully saturated rings. The zero-order valence-electron chi connectivity index (χ0n) is 20.3. The molecule has 0 radical (unpaired) electrons. The van der Waals surface area contributed by atoms with Crippen molar-refractivity contribution in [2.24, 2.45) is 17.3 Å². The average molecular weight is 464 g/mol. The van der Waals surface area contributed by atoms with Crippen molar-refractivity contribution in [2.75, 3.05) is 19.7 Å². The Morgan fingerprint density at radius 2 is 2.03 bits per heavy atom. The van der Waals surface area contributed by atoms with E-state index >= 15 is 0 Å². The van der Waals surface area contributed by atoms with Crippen LogP contribution in [0.1, 0.15) is 56.2 Å². The number of benzene rings is 1. The summed E-state index contributed by atoms with van der Waals surface area (Å²) in [6, 6.07) is 12.6. The molecule has 4 heterocycles. The number of aryl methyl sites for hydroxylation is 1. The summed E-state index contributed by atoms with van der Waals surface area (Å²) >= 11 is 0. The van der Waals surface area contributed by atoms with E-state index < -0.39 is 0 Å². The van der Waals surface area contributed by atoms with Gasteiger partial charge in [-0.05, 0) is 67.9 Å². The normalized spacial score (nSPS) is 25.4. The van der Waals surface area contributed by atoms with Crippen molar-refractivity contribution in [2.45, 2.75) is 52.6 Å². The number of imidazole rings is 1. The van der Waals surface area contributed by atoms with E-state index in [9.17, 15) is 9.18 Å². The molecular weight excluding hydrogens is 429 g/mol. The summed E-state index contributed by atoms with van der Waals surface area (Å²) in [5.41, 5.74) is 3.78. The monoisotopic (exact) mass is 463 g/mol. The summed E-state index contributed by atoms with van der Waals surface area (Å²) in [5, 5.41) is 0. The molecule has 5 nitrogen and oxygen atoms in total. The molecule has 1 spiro atoms. The minimum absolute atomic E-state index is 0.0199. The molecule has 3 aromatic rings. The van der Waals surface area contributed by atoms with Gasteiger partial charge in [-0.1, -0.05) is 32.0 Å². The largest absolute Gasteiger partial charge is 0.373 e. The number of hydrogen-bond donors (Lipinski definition) is 0. The van der Waals surface area contributed by atoms with E-state index in [1.807, 2.05) is 52.8 Å². The fourth-order valence-electron chi connectivity index (χ4n) is 5.97. The first-order valence-corrected chi connectivity index (χ1v) is 12.4. The molecule has 2 aliphatic rings. The fraction of sp³-hybridized carbons (Fsp3) is 0.500. The molecule has 1 amide bonds. The highest BCUT2D eigenvalue weighted by molar-refractivity contribution is 5.79. The van der Waals surface area contributed by atoms with Gasteiger partial charge in [-0.15, -0.1) is 0 Å². The third kappa shape index (κ3) is 4.36. The van der Waals surface area contributed by atoms with Crippen LogP contribution >= 0.6 is 0 Å². The van der Waals surface area contributed by atoms with Gasteiger partial charge < -0.3 is 14.0 Å². The third-order valence-corrected chi connectivity index (χ3v) is 7.84. The molecule has 6 heteroatoms. The number of ether oxygens (including phenoxy) is 1. The molecule has 180 valence electrons. The molecule has 1 aromatic carbocycles. The van der Waals surface area contributed by atoms with Gasteiger partial charge in [0, 0.05) is 24.7 Å². The number of likely N-dealkylation sites (tertiary alicyclic amines) is 1. The van der Waals surface area contributed by atoms with Gasteiger partial charge in [-0.25, -0.2) is 9.37 Å². The molecular formula is C28H34FN3O2. The number of piperidine rings is 1. The molecule has 2 aliphatic heterocycles. The lowest BCUT2D eigenvalue weighted by atomic mass is 9.67. The summed E-state index contributed by atoms with van der Waals surface area (Å²) in [5.74, 6) is 0.698. The van der Waals surface area contributed by atoms with Crippen molar-refractivity contribution in [3.05, 3.63) is 71.4 Å². The van der Waals surface area contributed by atoms with Crippen LogP contribution in [0.3, 0.4) is 0 Å². The zero-order valence-corrected chi connectivity index (χ0v) is 20.3. The van der Waals surface area contributed by atoms with Crippen LogP contribution in [-0.4, -0.2) is 39.9 Å². The lowest BCUT2D eigenvalue weighted by molar-refractivity contribution is -0.150. The van der Waals surface area contributed by atoms with Crippen molar-refractivity contribution in [1.82, 2.24) is 14.3 Å². The highest BCUT2D eigenvalue weighted by atomic mass is 19.1. The van der Waals surface area contributed by atoms with Crippen LogP contribution in [0.25, 0.3) is 5.65 Å². The second kappa shape index (κ2) is 9.14. The van der Waals surface area contributed by atoms with Crippen LogP contribution in [0.4, 0.5) is 4.39 Å². The van der Waals surface area contributed by atoms with Crippen LogP contribution in [0.2, 0.25) is 0 Å². The van der Waals surface area contributed by atoms with Gasteiger partial charge >= 0.3 is 0 Å². The maximum atomic E-state index is 13.5. The Hall–Kier alpha value is -2.73. The summed E-state index contributed by atoms with van der Waals surface area (Å²) in [7, 11) is 0. The second-order valence-electron chi connectivity index (χ2n) is 10.6. The number of fused-ring (bicyclic) bond motifs is 1. The number of hydrogen-bond acceptors (Lipinski definition) is 3. The minimum Gasteiger partial charge on any atom is -0.373 e. The summed E-state index contributed by atoms with van der Waals surface area (Å²) in [4.78, 5) is 20.1. The SMILES string of the molecule is Cc1nc2ccccn2c1CC(=O)N1CCC[C@]2(CO[C@@H](c3ccc(F)cc3)[C@H](C(C)C)C2)C1. The fourth-order valence-corrected chi connectivity index (χ4v) is 5.97. The van der Waals surface area contributed by atoms with E-state index in [1.165, 1.54) is 12.1 Å². The van der Waals surface area contributed by atoms with Gasteiger partial charge in [0.05, 0.1) is 30.5 Å². The van der Waals surface area contributed by atoms with Crippen LogP contribution in [0, 0.1) is 30.0 Å². The van der Waals surface area contributed by atoms with Gasteiger partial charge in [0.25, 0.3) is 0 Å². The Morgan fingerprint density at radius 3 is 2.79 bits per heavy atom. The van der Waals surface area contributed by atoms with Crippen LogP contribution in [0.5, 0.6) is 0 Å². The summed E-state index contributed by atoms with van der Waals surface area (Å²) in [6.07, 6.45) is 5.40. The summed E-state index contributed by atoms with van der Waals surface area (Å²) in [6.45, 7) is 8.62. The van der Waals surface area contributed by atoms with E-state index in [0.717, 1.165) is 55.0 Å². The molecule has 2 saturated heterocycles. The number of nitrogens with zero attached hydrogens (tertiary/aromatic N) is 3. The summed E-state index contributed by atoms with van der Waals surface area (Å²) < 4.78 is 22.0. The van der Waals surface area contributed by atoms with E-state index in [1.54, 1.807) is 0 Å². The first-order valence-electron chi connectivity index (χ1n) is 12.4. The van der Waals surface area contributed by atoms with Gasteiger partial charge in [0.2, 0.25) is 5.91 Å². The third-order valence-electron chi connectivity index (χ3n) is 7.84. The lowest BCUT2D eigenvalue weighted by Gasteiger charge is -2.50. The number of carbonyl (C=O) groups is 1. The number of carbonyl (C=O) groups excluding carboxylic acids is 1. The predicted octanol–water partition coefficient (Wildman–Crippen LogP) is 5.37. The van der Waals surface area contributed by atoms with Crippen molar-refractivity contribution < 1.29 is 13.9 Å².